The third-order valence-electron chi connectivity index (χ3n) is 3.31. The van der Waals surface area contributed by atoms with Gasteiger partial charge in [-0.05, 0) is 36.4 Å². The number of aromatic hydroxyl groups is 1. The molecule has 12 heteroatoms. The van der Waals surface area contributed by atoms with Gasteiger partial charge in [-0.3, -0.25) is 0 Å². The zero-order valence-electron chi connectivity index (χ0n) is 14.3. The molecular weight excluding hydrogens is 414 g/mol. The molecule has 2 rings (SSSR count). The number of aromatic carboxylic acids is 2. The average Bonchev–Trinajstić information content (AvgIpc) is 2.60. The van der Waals surface area contributed by atoms with Crippen LogP contribution in [0.4, 0.5) is 26.3 Å². The lowest BCUT2D eigenvalue weighted by molar-refractivity contribution is -0.138. The normalized spacial score (nSPS) is 11.3. The first-order chi connectivity index (χ1) is 13.2. The first-order valence-electron chi connectivity index (χ1n) is 7.30. The van der Waals surface area contributed by atoms with Crippen LogP contribution in [0.15, 0.2) is 36.4 Å². The predicted molar refractivity (Wildman–Crippen MR) is 85.0 cm³/mol. The van der Waals surface area contributed by atoms with Gasteiger partial charge in [0.2, 0.25) is 0 Å². The Labute approximate surface area is 158 Å². The zero-order chi connectivity index (χ0) is 22.6. The van der Waals surface area contributed by atoms with Crippen molar-refractivity contribution in [1.29, 1.82) is 0 Å². The third-order valence-corrected chi connectivity index (χ3v) is 3.31. The fraction of sp³-hybridized carbons (Fsp3) is 0.176. The molecule has 29 heavy (non-hydrogen) atoms. The standard InChI is InChI=1S/C9H7F3O3.C8H5F3O3/c1-15-7-3-2-5(9(10,11)12)4-6(7)8(13)14;9-8(10,11)4-1-2-6(12)5(3-4)7(13)14/h2-4H,1H3,(H,13,14);1-3,12H,(H,13,14). The molecule has 0 aromatic heterocycles. The molecule has 0 spiro atoms. The van der Waals surface area contributed by atoms with Gasteiger partial charge < -0.3 is 20.1 Å². The van der Waals surface area contributed by atoms with E-state index in [4.69, 9.17) is 15.3 Å². The lowest BCUT2D eigenvalue weighted by Crippen LogP contribution is -2.08. The lowest BCUT2D eigenvalue weighted by atomic mass is 10.1. The number of halogens is 6. The highest BCUT2D eigenvalue weighted by atomic mass is 19.4. The highest BCUT2D eigenvalue weighted by molar-refractivity contribution is 5.91. The van der Waals surface area contributed by atoms with Gasteiger partial charge >= 0.3 is 24.3 Å². The molecule has 0 radical (unpaired) electrons. The topological polar surface area (TPSA) is 104 Å². The van der Waals surface area contributed by atoms with Crippen LogP contribution in [-0.4, -0.2) is 34.4 Å². The number of carboxylic acid groups (broad SMARTS) is 2. The highest BCUT2D eigenvalue weighted by Gasteiger charge is 2.32. The van der Waals surface area contributed by atoms with Crippen molar-refractivity contribution in [3.05, 3.63) is 58.7 Å². The molecule has 0 amide bonds. The Kier molecular flexibility index (Phi) is 7.09. The number of benzene rings is 2. The van der Waals surface area contributed by atoms with Crippen LogP contribution in [0.1, 0.15) is 31.8 Å². The Hall–Kier alpha value is -3.44. The van der Waals surface area contributed by atoms with Crippen molar-refractivity contribution in [2.45, 2.75) is 12.4 Å². The van der Waals surface area contributed by atoms with Crippen LogP contribution < -0.4 is 4.74 Å². The van der Waals surface area contributed by atoms with Crippen molar-refractivity contribution in [3.63, 3.8) is 0 Å². The second-order valence-corrected chi connectivity index (χ2v) is 5.25. The van der Waals surface area contributed by atoms with E-state index in [1.165, 1.54) is 7.11 Å². The molecule has 0 unspecified atom stereocenters. The van der Waals surface area contributed by atoms with Gasteiger partial charge in [-0.25, -0.2) is 9.59 Å². The molecule has 0 aliphatic heterocycles. The van der Waals surface area contributed by atoms with Gasteiger partial charge in [-0.1, -0.05) is 0 Å². The summed E-state index contributed by atoms with van der Waals surface area (Å²) in [5.41, 5.74) is -3.39. The van der Waals surface area contributed by atoms with E-state index < -0.39 is 52.3 Å². The summed E-state index contributed by atoms with van der Waals surface area (Å²) in [7, 11) is 1.19. The summed E-state index contributed by atoms with van der Waals surface area (Å²) < 4.78 is 77.6. The summed E-state index contributed by atoms with van der Waals surface area (Å²) in [4.78, 5) is 21.0. The van der Waals surface area contributed by atoms with E-state index in [2.05, 4.69) is 4.74 Å². The van der Waals surface area contributed by atoms with Gasteiger partial charge in [-0.15, -0.1) is 0 Å². The number of rotatable bonds is 3. The second kappa shape index (κ2) is 8.71. The van der Waals surface area contributed by atoms with Gasteiger partial charge in [0.1, 0.15) is 22.6 Å². The molecule has 0 atom stereocenters. The molecule has 0 fully saturated rings. The van der Waals surface area contributed by atoms with Crippen molar-refractivity contribution < 1.29 is 56.0 Å². The van der Waals surface area contributed by atoms with Crippen molar-refractivity contribution in [2.24, 2.45) is 0 Å². The minimum Gasteiger partial charge on any atom is -0.507 e. The zero-order valence-corrected chi connectivity index (χ0v) is 14.3. The average molecular weight is 426 g/mol. The van der Waals surface area contributed by atoms with Crippen LogP contribution in [0.5, 0.6) is 11.5 Å². The summed E-state index contributed by atoms with van der Waals surface area (Å²) in [5, 5.41) is 26.0. The molecule has 0 heterocycles. The maximum atomic E-state index is 12.2. The summed E-state index contributed by atoms with van der Waals surface area (Å²) >= 11 is 0. The van der Waals surface area contributed by atoms with Crippen molar-refractivity contribution in [2.75, 3.05) is 7.11 Å². The molecule has 3 N–H and O–H groups in total. The molecule has 158 valence electrons. The van der Waals surface area contributed by atoms with Gasteiger partial charge in [0.15, 0.2) is 0 Å². The van der Waals surface area contributed by atoms with Crippen LogP contribution >= 0.6 is 0 Å². The van der Waals surface area contributed by atoms with Crippen LogP contribution in [0.2, 0.25) is 0 Å². The molecule has 2 aromatic carbocycles. The van der Waals surface area contributed by atoms with Crippen LogP contribution in [0, 0.1) is 0 Å². The molecule has 0 aliphatic carbocycles. The Morgan fingerprint density at radius 3 is 1.59 bits per heavy atom. The maximum absolute atomic E-state index is 12.2. The molecule has 2 aromatic rings. The Morgan fingerprint density at radius 2 is 1.21 bits per heavy atom. The monoisotopic (exact) mass is 426 g/mol. The molecular formula is C17H12F6O6. The first-order valence-corrected chi connectivity index (χ1v) is 7.30. The number of hydrogen-bond donors (Lipinski definition) is 3. The fourth-order valence-corrected chi connectivity index (χ4v) is 1.94. The Balaban J connectivity index is 0.000000291. The summed E-state index contributed by atoms with van der Waals surface area (Å²) in [5.74, 6) is -3.85. The van der Waals surface area contributed by atoms with Gasteiger partial charge in [0.25, 0.3) is 0 Å². The van der Waals surface area contributed by atoms with E-state index in [1.807, 2.05) is 0 Å². The van der Waals surface area contributed by atoms with E-state index in [0.29, 0.717) is 24.3 Å². The number of carboxylic acids is 2. The van der Waals surface area contributed by atoms with Crippen LogP contribution in [0.3, 0.4) is 0 Å². The number of carbonyl (C=O) groups is 2. The lowest BCUT2D eigenvalue weighted by Gasteiger charge is -2.09. The van der Waals surface area contributed by atoms with Crippen molar-refractivity contribution >= 4 is 11.9 Å². The van der Waals surface area contributed by atoms with Crippen LogP contribution in [0.25, 0.3) is 0 Å². The van der Waals surface area contributed by atoms with Gasteiger partial charge in [0, 0.05) is 0 Å². The van der Waals surface area contributed by atoms with Crippen LogP contribution in [-0.2, 0) is 12.4 Å². The first kappa shape index (κ1) is 23.6. The molecule has 0 saturated carbocycles. The minimum absolute atomic E-state index is 0.101. The number of methoxy groups -OCH3 is 1. The summed E-state index contributed by atoms with van der Waals surface area (Å²) in [6.45, 7) is 0. The number of ether oxygens (including phenoxy) is 1. The molecule has 0 saturated heterocycles. The fourth-order valence-electron chi connectivity index (χ4n) is 1.94. The van der Waals surface area contributed by atoms with Crippen molar-refractivity contribution in [3.8, 4) is 11.5 Å². The summed E-state index contributed by atoms with van der Waals surface area (Å²) in [6.07, 6.45) is -9.17. The number of phenols is 1. The van der Waals surface area contributed by atoms with Gasteiger partial charge in [-0.2, -0.15) is 26.3 Å². The quantitative estimate of drug-likeness (QED) is 0.624. The third kappa shape index (κ3) is 6.30. The van der Waals surface area contributed by atoms with E-state index in [1.54, 1.807) is 0 Å². The highest BCUT2D eigenvalue weighted by Crippen LogP contribution is 2.33. The largest absolute Gasteiger partial charge is 0.507 e. The maximum Gasteiger partial charge on any atom is 0.416 e. The summed E-state index contributed by atoms with van der Waals surface area (Å²) in [6, 6.07) is 3.99. The molecule has 0 aliphatic rings. The van der Waals surface area contributed by atoms with Gasteiger partial charge in [0.05, 0.1) is 18.2 Å². The molecule has 6 nitrogen and oxygen atoms in total. The number of hydrogen-bond acceptors (Lipinski definition) is 4. The van der Waals surface area contributed by atoms with E-state index in [0.717, 1.165) is 12.1 Å². The smallest absolute Gasteiger partial charge is 0.416 e. The second-order valence-electron chi connectivity index (χ2n) is 5.25. The van der Waals surface area contributed by atoms with E-state index >= 15 is 0 Å². The SMILES string of the molecule is COc1ccc(C(F)(F)F)cc1C(=O)O.O=C(O)c1cc(C(F)(F)F)ccc1O. The van der Waals surface area contributed by atoms with E-state index in [-0.39, 0.29) is 5.75 Å². The number of alkyl halides is 6. The van der Waals surface area contributed by atoms with E-state index in [9.17, 15) is 35.9 Å². The minimum atomic E-state index is -4.61. The predicted octanol–water partition coefficient (Wildman–Crippen LogP) is 4.52. The Morgan fingerprint density at radius 1 is 0.793 bits per heavy atom. The molecule has 0 bridgehead atoms. The Bertz CT molecular complexity index is 904. The van der Waals surface area contributed by atoms with Crippen molar-refractivity contribution in [1.82, 2.24) is 0 Å².